The van der Waals surface area contributed by atoms with E-state index in [1.54, 1.807) is 0 Å². The first-order valence-electron chi connectivity index (χ1n) is 7.39. The fourth-order valence-corrected chi connectivity index (χ4v) is 3.30. The van der Waals surface area contributed by atoms with E-state index < -0.39 is 0 Å². The van der Waals surface area contributed by atoms with Gasteiger partial charge in [-0.3, -0.25) is 4.79 Å². The van der Waals surface area contributed by atoms with Crippen LogP contribution in [0.15, 0.2) is 11.4 Å². The van der Waals surface area contributed by atoms with Gasteiger partial charge in [0.05, 0.1) is 17.0 Å². The van der Waals surface area contributed by atoms with Crippen molar-refractivity contribution in [2.75, 3.05) is 19.7 Å². The van der Waals surface area contributed by atoms with Gasteiger partial charge in [-0.1, -0.05) is 32.6 Å². The van der Waals surface area contributed by atoms with E-state index >= 15 is 0 Å². The van der Waals surface area contributed by atoms with Crippen LogP contribution in [0.4, 0.5) is 0 Å². The first kappa shape index (κ1) is 16.1. The molecule has 0 spiro atoms. The molecule has 0 saturated carbocycles. The molecule has 1 fully saturated rings. The molecule has 1 aliphatic rings. The van der Waals surface area contributed by atoms with Crippen LogP contribution < -0.4 is 0 Å². The maximum Gasteiger partial charge on any atom is 0.254 e. The van der Waals surface area contributed by atoms with Gasteiger partial charge in [-0.05, 0) is 23.8 Å². The first-order valence-corrected chi connectivity index (χ1v) is 8.27. The lowest BCUT2D eigenvalue weighted by Crippen LogP contribution is -2.30. The minimum atomic E-state index is 0.0755. The van der Waals surface area contributed by atoms with Crippen LogP contribution in [0, 0.1) is 23.2 Å². The van der Waals surface area contributed by atoms with Gasteiger partial charge in [0.15, 0.2) is 0 Å². The van der Waals surface area contributed by atoms with E-state index in [2.05, 4.69) is 32.6 Å². The van der Waals surface area contributed by atoms with Gasteiger partial charge in [0.25, 0.3) is 5.91 Å². The number of rotatable bonds is 2. The zero-order valence-electron chi connectivity index (χ0n) is 13.0. The quantitative estimate of drug-likeness (QED) is 0.853. The lowest BCUT2D eigenvalue weighted by Gasteiger charge is -2.26. The summed E-state index contributed by atoms with van der Waals surface area (Å²) in [6.07, 6.45) is 1.56. The highest BCUT2D eigenvalue weighted by Crippen LogP contribution is 2.34. The van der Waals surface area contributed by atoms with E-state index in [-0.39, 0.29) is 17.9 Å². The van der Waals surface area contributed by atoms with Crippen molar-refractivity contribution in [1.29, 1.82) is 0 Å². The van der Waals surface area contributed by atoms with Gasteiger partial charge in [-0.25, -0.2) is 0 Å². The fourth-order valence-electron chi connectivity index (χ4n) is 2.55. The summed E-state index contributed by atoms with van der Waals surface area (Å²) < 4.78 is 0. The molecule has 2 heterocycles. The molecule has 1 saturated heterocycles. The van der Waals surface area contributed by atoms with Gasteiger partial charge < -0.3 is 10.0 Å². The van der Waals surface area contributed by atoms with E-state index in [1.807, 2.05) is 16.3 Å². The molecule has 21 heavy (non-hydrogen) atoms. The number of thiophene rings is 1. The van der Waals surface area contributed by atoms with Crippen molar-refractivity contribution in [2.45, 2.75) is 33.6 Å². The number of nitrogens with zero attached hydrogens (tertiary/aromatic N) is 1. The summed E-state index contributed by atoms with van der Waals surface area (Å²) in [5.41, 5.74) is 0.993. The van der Waals surface area contributed by atoms with Crippen LogP contribution in [0.25, 0.3) is 0 Å². The Morgan fingerprint density at radius 2 is 2.29 bits per heavy atom. The molecule has 0 bridgehead atoms. The number of likely N-dealkylation sites (tertiary alicyclic amines) is 1. The number of carbonyl (C=O) groups is 1. The Morgan fingerprint density at radius 3 is 2.90 bits per heavy atom. The third-order valence-corrected chi connectivity index (χ3v) is 4.84. The minimum absolute atomic E-state index is 0.0755. The van der Waals surface area contributed by atoms with E-state index in [0.717, 1.165) is 30.0 Å². The Balaban J connectivity index is 2.00. The van der Waals surface area contributed by atoms with Crippen LogP contribution in [0.2, 0.25) is 0 Å². The Kier molecular flexibility index (Phi) is 5.08. The van der Waals surface area contributed by atoms with Gasteiger partial charge in [-0.15, -0.1) is 11.3 Å². The zero-order chi connectivity index (χ0) is 15.5. The van der Waals surface area contributed by atoms with E-state index in [9.17, 15) is 4.79 Å². The molecule has 0 radical (unpaired) electrons. The Morgan fingerprint density at radius 1 is 1.52 bits per heavy atom. The highest BCUT2D eigenvalue weighted by molar-refractivity contribution is 7.10. The van der Waals surface area contributed by atoms with Gasteiger partial charge >= 0.3 is 0 Å². The predicted molar refractivity (Wildman–Crippen MR) is 86.4 cm³/mol. The van der Waals surface area contributed by atoms with E-state index in [0.29, 0.717) is 12.3 Å². The molecule has 0 aromatic carbocycles. The van der Waals surface area contributed by atoms with Crippen molar-refractivity contribution in [3.05, 3.63) is 21.9 Å². The average molecular weight is 305 g/mol. The Hall–Kier alpha value is -1.31. The van der Waals surface area contributed by atoms with E-state index in [1.165, 1.54) is 11.3 Å². The molecular formula is C17H23NO2S. The van der Waals surface area contributed by atoms with Crippen LogP contribution in [-0.4, -0.2) is 35.6 Å². The number of aliphatic hydroxyl groups excluding tert-OH is 1. The highest BCUT2D eigenvalue weighted by Gasteiger charge is 2.34. The smallest absolute Gasteiger partial charge is 0.254 e. The highest BCUT2D eigenvalue weighted by atomic mass is 32.1. The monoisotopic (exact) mass is 305 g/mol. The third kappa shape index (κ3) is 4.09. The second-order valence-electron chi connectivity index (χ2n) is 6.58. The molecule has 1 aromatic heterocycles. The summed E-state index contributed by atoms with van der Waals surface area (Å²) in [6.45, 7) is 8.50. The normalized spacial score (nSPS) is 18.5. The topological polar surface area (TPSA) is 40.5 Å². The summed E-state index contributed by atoms with van der Waals surface area (Å²) >= 11 is 1.49. The molecule has 1 unspecified atom stereocenters. The predicted octanol–water partition coefficient (Wildman–Crippen LogP) is 2.99. The van der Waals surface area contributed by atoms with Gasteiger partial charge in [0.1, 0.15) is 0 Å². The van der Waals surface area contributed by atoms with Crippen molar-refractivity contribution in [3.63, 3.8) is 0 Å². The maximum atomic E-state index is 12.5. The third-order valence-electron chi connectivity index (χ3n) is 4.00. The summed E-state index contributed by atoms with van der Waals surface area (Å²) in [5, 5.41) is 10.6. The zero-order valence-corrected chi connectivity index (χ0v) is 13.8. The van der Waals surface area contributed by atoms with Crippen molar-refractivity contribution in [1.82, 2.24) is 4.90 Å². The van der Waals surface area contributed by atoms with Crippen LogP contribution in [0.1, 0.15) is 48.8 Å². The maximum absolute atomic E-state index is 12.5. The minimum Gasteiger partial charge on any atom is -0.395 e. The van der Waals surface area contributed by atoms with Crippen molar-refractivity contribution in [3.8, 4) is 11.8 Å². The van der Waals surface area contributed by atoms with Gasteiger partial charge in [0.2, 0.25) is 0 Å². The second kappa shape index (κ2) is 6.64. The lowest BCUT2D eigenvalue weighted by atomic mass is 9.80. The molecule has 1 amide bonds. The number of aliphatic hydroxyl groups is 1. The largest absolute Gasteiger partial charge is 0.395 e. The Bertz CT molecular complexity index is 559. The average Bonchev–Trinajstić information content (AvgIpc) is 3.07. The van der Waals surface area contributed by atoms with Crippen LogP contribution >= 0.6 is 11.3 Å². The number of amides is 1. The van der Waals surface area contributed by atoms with Crippen molar-refractivity contribution in [2.24, 2.45) is 11.3 Å². The summed E-state index contributed by atoms with van der Waals surface area (Å²) in [6, 6.07) is 1.86. The van der Waals surface area contributed by atoms with Gasteiger partial charge in [-0.2, -0.15) is 0 Å². The molecule has 1 N–H and O–H groups in total. The molecule has 3 nitrogen and oxygen atoms in total. The van der Waals surface area contributed by atoms with Crippen molar-refractivity contribution < 1.29 is 9.90 Å². The summed E-state index contributed by atoms with van der Waals surface area (Å²) in [4.78, 5) is 15.4. The second-order valence-corrected chi connectivity index (χ2v) is 7.49. The molecule has 2 rings (SSSR count). The number of hydrogen-bond donors (Lipinski definition) is 1. The fraction of sp³-hybridized carbons (Fsp3) is 0.588. The van der Waals surface area contributed by atoms with Crippen LogP contribution in [-0.2, 0) is 0 Å². The molecule has 0 aliphatic carbocycles. The van der Waals surface area contributed by atoms with E-state index in [4.69, 9.17) is 5.11 Å². The molecule has 1 aliphatic heterocycles. The molecular weight excluding hydrogens is 282 g/mol. The molecule has 4 heteroatoms. The lowest BCUT2D eigenvalue weighted by molar-refractivity contribution is 0.0777. The van der Waals surface area contributed by atoms with Crippen LogP contribution in [0.3, 0.4) is 0 Å². The molecule has 1 atom stereocenters. The molecule has 1 aromatic rings. The van der Waals surface area contributed by atoms with Gasteiger partial charge in [0, 0.05) is 24.9 Å². The standard InChI is InChI=1S/C17H23NO2S/c1-17(2,3)14-7-8-18(11-14)16(20)13-10-15(21-12-13)6-4-5-9-19/h10,12,14,19H,5,7-9,11H2,1-3H3. The SMILES string of the molecule is CC(C)(C)C1CCN(C(=O)c2csc(C#CCCO)c2)C1. The number of hydrogen-bond acceptors (Lipinski definition) is 3. The Labute approximate surface area is 131 Å². The first-order chi connectivity index (χ1) is 9.91. The summed E-state index contributed by atoms with van der Waals surface area (Å²) in [7, 11) is 0. The van der Waals surface area contributed by atoms with Crippen molar-refractivity contribution >= 4 is 17.2 Å². The summed E-state index contributed by atoms with van der Waals surface area (Å²) in [5.74, 6) is 6.56. The van der Waals surface area contributed by atoms with Crippen LogP contribution in [0.5, 0.6) is 0 Å². The number of carbonyl (C=O) groups excluding carboxylic acids is 1. The molecule has 114 valence electrons.